The standard InChI is InChI=1S/C7H11F3N2/c1-6-11(2)3-4-12(6)5-7(8,9)10/h3-4,6H,5H2,1-2H3. The van der Waals surface area contributed by atoms with Crippen molar-refractivity contribution in [2.75, 3.05) is 13.6 Å². The lowest BCUT2D eigenvalue weighted by Gasteiger charge is -2.27. The van der Waals surface area contributed by atoms with Crippen LogP contribution in [-0.4, -0.2) is 35.7 Å². The number of nitrogens with zero attached hydrogens (tertiary/aromatic N) is 2. The van der Waals surface area contributed by atoms with Crippen molar-refractivity contribution in [1.29, 1.82) is 0 Å². The molecule has 0 amide bonds. The van der Waals surface area contributed by atoms with Crippen LogP contribution in [0, 0.1) is 0 Å². The molecule has 0 bridgehead atoms. The van der Waals surface area contributed by atoms with Crippen LogP contribution >= 0.6 is 0 Å². The van der Waals surface area contributed by atoms with Gasteiger partial charge in [0.1, 0.15) is 6.54 Å². The van der Waals surface area contributed by atoms with Gasteiger partial charge in [0.25, 0.3) is 0 Å². The molecule has 5 heteroatoms. The first-order valence-corrected chi connectivity index (χ1v) is 3.63. The molecule has 0 aromatic carbocycles. The van der Waals surface area contributed by atoms with Crippen molar-refractivity contribution in [3.8, 4) is 0 Å². The van der Waals surface area contributed by atoms with Gasteiger partial charge in [0.15, 0.2) is 0 Å². The minimum atomic E-state index is -4.12. The van der Waals surface area contributed by atoms with Gasteiger partial charge in [-0.1, -0.05) is 0 Å². The molecule has 0 aromatic heterocycles. The van der Waals surface area contributed by atoms with E-state index in [1.54, 1.807) is 25.1 Å². The fourth-order valence-electron chi connectivity index (χ4n) is 1.07. The fraction of sp³-hybridized carbons (Fsp3) is 0.714. The van der Waals surface area contributed by atoms with Crippen molar-refractivity contribution in [2.24, 2.45) is 0 Å². The lowest BCUT2D eigenvalue weighted by atomic mass is 10.4. The molecule has 1 aliphatic heterocycles. The van der Waals surface area contributed by atoms with Crippen LogP contribution in [0.4, 0.5) is 13.2 Å². The third-order valence-electron chi connectivity index (χ3n) is 1.92. The van der Waals surface area contributed by atoms with Crippen molar-refractivity contribution in [1.82, 2.24) is 9.80 Å². The summed E-state index contributed by atoms with van der Waals surface area (Å²) in [6.07, 6.45) is -1.23. The Morgan fingerprint density at radius 1 is 1.33 bits per heavy atom. The van der Waals surface area contributed by atoms with Gasteiger partial charge < -0.3 is 9.80 Å². The maximum absolute atomic E-state index is 11.9. The number of rotatable bonds is 1. The molecule has 1 heterocycles. The lowest BCUT2D eigenvalue weighted by Crippen LogP contribution is -2.39. The van der Waals surface area contributed by atoms with Crippen molar-refractivity contribution >= 4 is 0 Å². The zero-order chi connectivity index (χ0) is 9.35. The van der Waals surface area contributed by atoms with E-state index in [1.807, 2.05) is 0 Å². The van der Waals surface area contributed by atoms with Gasteiger partial charge in [0.05, 0.1) is 6.17 Å². The van der Waals surface area contributed by atoms with Crippen LogP contribution in [0.5, 0.6) is 0 Å². The first kappa shape index (κ1) is 9.22. The predicted molar refractivity (Wildman–Crippen MR) is 39.1 cm³/mol. The molecular formula is C7H11F3N2. The Bertz CT molecular complexity index is 188. The van der Waals surface area contributed by atoms with Gasteiger partial charge in [0.2, 0.25) is 0 Å². The van der Waals surface area contributed by atoms with Crippen LogP contribution in [0.1, 0.15) is 6.92 Å². The zero-order valence-corrected chi connectivity index (χ0v) is 6.97. The van der Waals surface area contributed by atoms with Crippen LogP contribution in [0.15, 0.2) is 12.4 Å². The van der Waals surface area contributed by atoms with E-state index in [2.05, 4.69) is 0 Å². The molecule has 70 valence electrons. The average Bonchev–Trinajstić information content (AvgIpc) is 2.16. The topological polar surface area (TPSA) is 6.48 Å². The molecule has 0 radical (unpaired) electrons. The van der Waals surface area contributed by atoms with Gasteiger partial charge >= 0.3 is 6.18 Å². The maximum Gasteiger partial charge on any atom is 0.405 e. The lowest BCUT2D eigenvalue weighted by molar-refractivity contribution is -0.145. The minimum absolute atomic E-state index is 0.202. The third kappa shape index (κ3) is 2.06. The van der Waals surface area contributed by atoms with Crippen LogP contribution in [0.25, 0.3) is 0 Å². The van der Waals surface area contributed by atoms with E-state index in [0.29, 0.717) is 0 Å². The first-order valence-electron chi connectivity index (χ1n) is 3.63. The quantitative estimate of drug-likeness (QED) is 0.605. The van der Waals surface area contributed by atoms with Crippen LogP contribution in [0.2, 0.25) is 0 Å². The molecular weight excluding hydrogens is 169 g/mol. The van der Waals surface area contributed by atoms with E-state index in [4.69, 9.17) is 0 Å². The fourth-order valence-corrected chi connectivity index (χ4v) is 1.07. The summed E-state index contributed by atoms with van der Waals surface area (Å²) in [6, 6.07) is 0. The number of halogens is 3. The molecule has 12 heavy (non-hydrogen) atoms. The van der Waals surface area contributed by atoms with Crippen LogP contribution in [-0.2, 0) is 0 Å². The molecule has 0 aliphatic carbocycles. The van der Waals surface area contributed by atoms with Gasteiger partial charge in [-0.25, -0.2) is 0 Å². The van der Waals surface area contributed by atoms with Crippen molar-refractivity contribution in [3.63, 3.8) is 0 Å². The molecule has 0 saturated carbocycles. The minimum Gasteiger partial charge on any atom is -0.359 e. The Balaban J connectivity index is 2.51. The zero-order valence-electron chi connectivity index (χ0n) is 6.97. The van der Waals surface area contributed by atoms with Gasteiger partial charge in [0, 0.05) is 19.4 Å². The second kappa shape index (κ2) is 2.88. The Kier molecular flexibility index (Phi) is 2.21. The van der Waals surface area contributed by atoms with E-state index >= 15 is 0 Å². The summed E-state index contributed by atoms with van der Waals surface area (Å²) in [6.45, 7) is 0.848. The molecule has 0 aromatic rings. The molecule has 0 fully saturated rings. The molecule has 0 N–H and O–H groups in total. The highest BCUT2D eigenvalue weighted by Gasteiger charge is 2.33. The van der Waals surface area contributed by atoms with Crippen LogP contribution < -0.4 is 0 Å². The van der Waals surface area contributed by atoms with E-state index < -0.39 is 12.7 Å². The molecule has 0 saturated heterocycles. The number of hydrogen-bond donors (Lipinski definition) is 0. The second-order valence-electron chi connectivity index (χ2n) is 2.88. The Labute approximate surface area is 69.2 Å². The molecule has 1 unspecified atom stereocenters. The monoisotopic (exact) mass is 180 g/mol. The van der Waals surface area contributed by atoms with Crippen LogP contribution in [0.3, 0.4) is 0 Å². The Morgan fingerprint density at radius 2 is 1.92 bits per heavy atom. The Hall–Kier alpha value is -0.870. The SMILES string of the molecule is CC1N(C)C=CN1CC(F)(F)F. The maximum atomic E-state index is 11.9. The van der Waals surface area contributed by atoms with E-state index in [1.165, 1.54) is 11.1 Å². The summed E-state index contributed by atoms with van der Waals surface area (Å²) in [4.78, 5) is 2.98. The van der Waals surface area contributed by atoms with E-state index in [9.17, 15) is 13.2 Å². The summed E-state index contributed by atoms with van der Waals surface area (Å²) in [5.74, 6) is 0. The number of hydrogen-bond acceptors (Lipinski definition) is 2. The molecule has 1 atom stereocenters. The molecule has 1 aliphatic rings. The van der Waals surface area contributed by atoms with E-state index in [0.717, 1.165) is 0 Å². The summed E-state index contributed by atoms with van der Waals surface area (Å²) >= 11 is 0. The van der Waals surface area contributed by atoms with Gasteiger partial charge in [-0.15, -0.1) is 0 Å². The number of alkyl halides is 3. The predicted octanol–water partition coefficient (Wildman–Crippen LogP) is 1.61. The average molecular weight is 180 g/mol. The molecule has 0 spiro atoms. The second-order valence-corrected chi connectivity index (χ2v) is 2.88. The van der Waals surface area contributed by atoms with E-state index in [-0.39, 0.29) is 6.17 Å². The summed E-state index contributed by atoms with van der Waals surface area (Å²) < 4.78 is 35.7. The normalized spacial score (nSPS) is 23.9. The molecule has 2 nitrogen and oxygen atoms in total. The summed E-state index contributed by atoms with van der Waals surface area (Å²) in [5, 5.41) is 0. The summed E-state index contributed by atoms with van der Waals surface area (Å²) in [5.41, 5.74) is 0. The highest BCUT2D eigenvalue weighted by atomic mass is 19.4. The van der Waals surface area contributed by atoms with Crippen molar-refractivity contribution < 1.29 is 13.2 Å². The highest BCUT2D eigenvalue weighted by molar-refractivity contribution is 4.94. The highest BCUT2D eigenvalue weighted by Crippen LogP contribution is 2.21. The third-order valence-corrected chi connectivity index (χ3v) is 1.92. The Morgan fingerprint density at radius 3 is 2.25 bits per heavy atom. The van der Waals surface area contributed by atoms with Gasteiger partial charge in [-0.05, 0) is 6.92 Å². The largest absolute Gasteiger partial charge is 0.405 e. The smallest absolute Gasteiger partial charge is 0.359 e. The van der Waals surface area contributed by atoms with Gasteiger partial charge in [-0.2, -0.15) is 13.2 Å². The first-order chi connectivity index (χ1) is 5.40. The van der Waals surface area contributed by atoms with Crippen molar-refractivity contribution in [3.05, 3.63) is 12.4 Å². The molecule has 1 rings (SSSR count). The van der Waals surface area contributed by atoms with Crippen molar-refractivity contribution in [2.45, 2.75) is 19.3 Å². The van der Waals surface area contributed by atoms with Gasteiger partial charge in [-0.3, -0.25) is 0 Å². The summed E-state index contributed by atoms with van der Waals surface area (Å²) in [7, 11) is 1.75.